The fourth-order valence-corrected chi connectivity index (χ4v) is 5.33. The predicted molar refractivity (Wildman–Crippen MR) is 123 cm³/mol. The lowest BCUT2D eigenvalue weighted by molar-refractivity contribution is -0.146. The van der Waals surface area contributed by atoms with Gasteiger partial charge in [0.05, 0.1) is 6.61 Å². The van der Waals surface area contributed by atoms with Crippen LogP contribution < -0.4 is 0 Å². The lowest BCUT2D eigenvalue weighted by atomic mass is 9.84. The van der Waals surface area contributed by atoms with Gasteiger partial charge in [-0.05, 0) is 45.2 Å². The minimum absolute atomic E-state index is 0.0426. The van der Waals surface area contributed by atoms with E-state index in [0.29, 0.717) is 25.0 Å². The fourth-order valence-electron chi connectivity index (χ4n) is 5.33. The minimum atomic E-state index is 0.0426. The van der Waals surface area contributed by atoms with Gasteiger partial charge in [0.1, 0.15) is 0 Å². The molecule has 0 radical (unpaired) electrons. The largest absolute Gasteiger partial charge is 0.465 e. The predicted octanol–water partition coefficient (Wildman–Crippen LogP) is 7.28. The fraction of sp³-hybridized carbons (Fsp3) is 0.962. The molecule has 0 saturated carbocycles. The second-order valence-electron chi connectivity index (χ2n) is 9.68. The molecule has 2 atom stereocenters. The van der Waals surface area contributed by atoms with Crippen molar-refractivity contribution in [2.75, 3.05) is 19.7 Å². The maximum Gasteiger partial charge on any atom is 0.305 e. The van der Waals surface area contributed by atoms with Crippen molar-refractivity contribution in [3.05, 3.63) is 0 Å². The van der Waals surface area contributed by atoms with Crippen LogP contribution in [0.5, 0.6) is 0 Å². The molecule has 170 valence electrons. The topological polar surface area (TPSA) is 29.5 Å². The van der Waals surface area contributed by atoms with Gasteiger partial charge in [0.25, 0.3) is 0 Å². The van der Waals surface area contributed by atoms with Crippen molar-refractivity contribution in [1.29, 1.82) is 0 Å². The molecule has 29 heavy (non-hydrogen) atoms. The van der Waals surface area contributed by atoms with Gasteiger partial charge in [-0.1, -0.05) is 90.4 Å². The molecular formula is C26H49NO2. The molecule has 0 aromatic carbocycles. The molecule has 2 fully saturated rings. The third-order valence-electron chi connectivity index (χ3n) is 7.17. The number of unbranched alkanes of at least 4 members (excludes halogenated alkanes) is 12. The summed E-state index contributed by atoms with van der Waals surface area (Å²) >= 11 is 0. The van der Waals surface area contributed by atoms with E-state index in [1.165, 1.54) is 122 Å². The Hall–Kier alpha value is -0.570. The number of carbonyl (C=O) groups is 1. The molecule has 3 nitrogen and oxygen atoms in total. The Morgan fingerprint density at radius 1 is 0.759 bits per heavy atom. The van der Waals surface area contributed by atoms with Crippen LogP contribution in [0.15, 0.2) is 0 Å². The maximum absolute atomic E-state index is 12.1. The number of rotatable bonds is 16. The number of fused-ring (bicyclic) bond motifs is 1. The highest BCUT2D eigenvalue weighted by atomic mass is 16.5. The Kier molecular flexibility index (Phi) is 13.8. The lowest BCUT2D eigenvalue weighted by Crippen LogP contribution is -2.49. The molecule has 2 saturated heterocycles. The molecule has 2 rings (SSSR count). The molecule has 2 aliphatic rings. The van der Waals surface area contributed by atoms with Crippen LogP contribution in [0, 0.1) is 5.92 Å². The third kappa shape index (κ3) is 10.9. The van der Waals surface area contributed by atoms with E-state index in [4.69, 9.17) is 4.74 Å². The van der Waals surface area contributed by atoms with Crippen LogP contribution in [0.25, 0.3) is 0 Å². The Morgan fingerprint density at radius 2 is 1.34 bits per heavy atom. The summed E-state index contributed by atoms with van der Waals surface area (Å²) in [7, 11) is 0. The van der Waals surface area contributed by atoms with Crippen LogP contribution in [-0.2, 0) is 9.53 Å². The quantitative estimate of drug-likeness (QED) is 0.199. The van der Waals surface area contributed by atoms with E-state index >= 15 is 0 Å². The third-order valence-corrected chi connectivity index (χ3v) is 7.17. The molecule has 0 unspecified atom stereocenters. The van der Waals surface area contributed by atoms with E-state index in [-0.39, 0.29) is 5.97 Å². The van der Waals surface area contributed by atoms with Crippen LogP contribution >= 0.6 is 0 Å². The highest BCUT2D eigenvalue weighted by molar-refractivity contribution is 5.69. The average molecular weight is 408 g/mol. The second-order valence-corrected chi connectivity index (χ2v) is 9.68. The molecule has 2 aliphatic heterocycles. The summed E-state index contributed by atoms with van der Waals surface area (Å²) < 4.78 is 5.67. The van der Waals surface area contributed by atoms with Crippen molar-refractivity contribution >= 4 is 5.97 Å². The maximum atomic E-state index is 12.1. The molecular weight excluding hydrogens is 358 g/mol. The second kappa shape index (κ2) is 16.2. The van der Waals surface area contributed by atoms with Crippen molar-refractivity contribution < 1.29 is 9.53 Å². The van der Waals surface area contributed by atoms with Gasteiger partial charge >= 0.3 is 5.97 Å². The number of ether oxygens (including phenoxy) is 1. The number of piperidine rings is 2. The lowest BCUT2D eigenvalue weighted by Gasteiger charge is -2.44. The molecule has 0 spiro atoms. The number of nitrogens with zero attached hydrogens (tertiary/aromatic N) is 1. The summed E-state index contributed by atoms with van der Waals surface area (Å²) in [6.07, 6.45) is 24.6. The molecule has 0 N–H and O–H groups in total. The van der Waals surface area contributed by atoms with Gasteiger partial charge in [-0.2, -0.15) is 0 Å². The summed E-state index contributed by atoms with van der Waals surface area (Å²) in [4.78, 5) is 14.8. The van der Waals surface area contributed by atoms with Crippen molar-refractivity contribution in [3.63, 3.8) is 0 Å². The Bertz CT molecular complexity index is 410. The number of hydrogen-bond acceptors (Lipinski definition) is 3. The van der Waals surface area contributed by atoms with Gasteiger partial charge in [-0.3, -0.25) is 9.69 Å². The van der Waals surface area contributed by atoms with E-state index in [1.54, 1.807) is 0 Å². The van der Waals surface area contributed by atoms with E-state index in [9.17, 15) is 4.79 Å². The number of esters is 1. The van der Waals surface area contributed by atoms with Crippen LogP contribution in [-0.4, -0.2) is 36.6 Å². The first-order chi connectivity index (χ1) is 14.3. The highest BCUT2D eigenvalue weighted by Gasteiger charge is 2.33. The summed E-state index contributed by atoms with van der Waals surface area (Å²) in [5.41, 5.74) is 0. The first kappa shape index (κ1) is 24.7. The van der Waals surface area contributed by atoms with Crippen LogP contribution in [0.2, 0.25) is 0 Å². The summed E-state index contributed by atoms with van der Waals surface area (Å²) in [6.45, 7) is 5.46. The summed E-state index contributed by atoms with van der Waals surface area (Å²) in [5, 5.41) is 0. The smallest absolute Gasteiger partial charge is 0.305 e. The summed E-state index contributed by atoms with van der Waals surface area (Å²) in [6, 6.07) is 0.682. The normalized spacial score (nSPS) is 22.4. The van der Waals surface area contributed by atoms with Gasteiger partial charge in [0.2, 0.25) is 0 Å². The zero-order valence-corrected chi connectivity index (χ0v) is 19.5. The van der Waals surface area contributed by atoms with Crippen LogP contribution in [0.1, 0.15) is 129 Å². The summed E-state index contributed by atoms with van der Waals surface area (Å²) in [5.74, 6) is 0.626. The molecule has 0 bridgehead atoms. The zero-order valence-electron chi connectivity index (χ0n) is 19.5. The molecule has 2 heterocycles. The Labute approximate surface area is 181 Å². The van der Waals surface area contributed by atoms with E-state index in [0.717, 1.165) is 6.42 Å². The average Bonchev–Trinajstić information content (AvgIpc) is 2.75. The molecule has 0 aromatic rings. The van der Waals surface area contributed by atoms with Gasteiger partial charge in [-0.15, -0.1) is 0 Å². The van der Waals surface area contributed by atoms with Crippen molar-refractivity contribution in [1.82, 2.24) is 4.90 Å². The number of carbonyl (C=O) groups excluding carboxylic acids is 1. The van der Waals surface area contributed by atoms with Gasteiger partial charge in [0.15, 0.2) is 0 Å². The molecule has 0 aromatic heterocycles. The van der Waals surface area contributed by atoms with Gasteiger partial charge in [-0.25, -0.2) is 0 Å². The van der Waals surface area contributed by atoms with E-state index in [1.807, 2.05) is 0 Å². The van der Waals surface area contributed by atoms with Crippen molar-refractivity contribution in [2.24, 2.45) is 5.92 Å². The molecule has 0 aliphatic carbocycles. The van der Waals surface area contributed by atoms with E-state index < -0.39 is 0 Å². The van der Waals surface area contributed by atoms with Crippen LogP contribution in [0.3, 0.4) is 0 Å². The zero-order chi connectivity index (χ0) is 20.6. The highest BCUT2D eigenvalue weighted by Crippen LogP contribution is 2.31. The van der Waals surface area contributed by atoms with E-state index in [2.05, 4.69) is 11.8 Å². The Morgan fingerprint density at radius 3 is 2.00 bits per heavy atom. The van der Waals surface area contributed by atoms with Crippen molar-refractivity contribution in [2.45, 2.75) is 135 Å². The monoisotopic (exact) mass is 407 g/mol. The molecule has 0 amide bonds. The number of hydrogen-bond donors (Lipinski definition) is 0. The first-order valence-corrected chi connectivity index (χ1v) is 13.2. The standard InChI is InChI=1S/C26H49NO2/c1-2-3-4-5-6-7-8-9-10-11-12-13-14-20-26(28)29-23-24-18-17-22-27-21-16-15-19-25(24)27/h24-25H,2-23H2,1H3/t24-,25-/m1/s1. The first-order valence-electron chi connectivity index (χ1n) is 13.2. The van der Waals surface area contributed by atoms with Gasteiger partial charge < -0.3 is 4.74 Å². The SMILES string of the molecule is CCCCCCCCCCCCCCCC(=O)OC[C@H]1CCCN2CCCC[C@H]12. The van der Waals surface area contributed by atoms with Crippen molar-refractivity contribution in [3.8, 4) is 0 Å². The minimum Gasteiger partial charge on any atom is -0.465 e. The Balaban J connectivity index is 1.37. The van der Waals surface area contributed by atoms with Crippen LogP contribution in [0.4, 0.5) is 0 Å². The van der Waals surface area contributed by atoms with Gasteiger partial charge in [0, 0.05) is 18.4 Å². The molecule has 3 heteroatoms.